The van der Waals surface area contributed by atoms with Gasteiger partial charge in [0.25, 0.3) is 0 Å². The van der Waals surface area contributed by atoms with Crippen molar-refractivity contribution in [2.75, 3.05) is 0 Å². The molecule has 0 saturated carbocycles. The summed E-state index contributed by atoms with van der Waals surface area (Å²) in [5, 5.41) is 2.88. The highest BCUT2D eigenvalue weighted by Gasteiger charge is 2.12. The van der Waals surface area contributed by atoms with E-state index in [2.05, 4.69) is 9.97 Å². The summed E-state index contributed by atoms with van der Waals surface area (Å²) in [7, 11) is 0. The number of para-hydroxylation sites is 1. The molecule has 102 valence electrons. The number of rotatable bonds is 3. The van der Waals surface area contributed by atoms with Gasteiger partial charge in [0.15, 0.2) is 23.2 Å². The summed E-state index contributed by atoms with van der Waals surface area (Å²) in [5.41, 5.74) is 0. The van der Waals surface area contributed by atoms with Crippen LogP contribution >= 0.6 is 22.9 Å². The van der Waals surface area contributed by atoms with Crippen LogP contribution < -0.4 is 4.74 Å². The minimum Gasteiger partial charge on any atom is -0.479 e. The summed E-state index contributed by atoms with van der Waals surface area (Å²) in [4.78, 5) is 8.97. The maximum absolute atomic E-state index is 13.4. The highest BCUT2D eigenvalue weighted by Crippen LogP contribution is 2.26. The largest absolute Gasteiger partial charge is 0.479 e. The van der Waals surface area contributed by atoms with Crippen LogP contribution in [0.5, 0.6) is 5.75 Å². The molecule has 0 radical (unpaired) electrons. The number of hydrogen-bond acceptors (Lipinski definition) is 4. The number of aromatic nitrogens is 2. The lowest BCUT2D eigenvalue weighted by molar-refractivity contribution is 0.266. The van der Waals surface area contributed by atoms with Gasteiger partial charge in [-0.25, -0.2) is 18.7 Å². The van der Waals surface area contributed by atoms with Gasteiger partial charge in [0.1, 0.15) is 16.6 Å². The minimum atomic E-state index is -0.770. The molecule has 0 aliphatic carbocycles. The fourth-order valence-electron chi connectivity index (χ4n) is 1.68. The van der Waals surface area contributed by atoms with E-state index < -0.39 is 17.4 Å². The zero-order valence-corrected chi connectivity index (χ0v) is 11.5. The SMILES string of the molecule is Fc1cccc(F)c1OCc1nc(Cl)c2ccsc2n1. The molecule has 2 heterocycles. The summed E-state index contributed by atoms with van der Waals surface area (Å²) in [5.74, 6) is -1.72. The van der Waals surface area contributed by atoms with Gasteiger partial charge >= 0.3 is 0 Å². The Kier molecular flexibility index (Phi) is 3.50. The van der Waals surface area contributed by atoms with Gasteiger partial charge < -0.3 is 4.74 Å². The van der Waals surface area contributed by atoms with Crippen molar-refractivity contribution in [3.63, 3.8) is 0 Å². The van der Waals surface area contributed by atoms with Crippen LogP contribution in [0.25, 0.3) is 10.2 Å². The van der Waals surface area contributed by atoms with E-state index in [1.165, 1.54) is 17.4 Å². The number of thiophene rings is 1. The molecular formula is C13H7ClF2N2OS. The Morgan fingerprint density at radius 1 is 1.15 bits per heavy atom. The molecule has 0 aliphatic rings. The predicted molar refractivity (Wildman–Crippen MR) is 73.1 cm³/mol. The van der Waals surface area contributed by atoms with Gasteiger partial charge in [-0.1, -0.05) is 17.7 Å². The van der Waals surface area contributed by atoms with Crippen molar-refractivity contribution in [3.05, 3.63) is 52.3 Å². The first-order valence-electron chi connectivity index (χ1n) is 5.61. The third-order valence-corrected chi connectivity index (χ3v) is 3.68. The molecule has 20 heavy (non-hydrogen) atoms. The first-order chi connectivity index (χ1) is 9.65. The fraction of sp³-hybridized carbons (Fsp3) is 0.0769. The van der Waals surface area contributed by atoms with Crippen molar-refractivity contribution in [2.45, 2.75) is 6.61 Å². The van der Waals surface area contributed by atoms with Gasteiger partial charge in [-0.2, -0.15) is 0 Å². The molecule has 0 bridgehead atoms. The average molecular weight is 313 g/mol. The van der Waals surface area contributed by atoms with Crippen molar-refractivity contribution in [1.82, 2.24) is 9.97 Å². The molecule has 0 N–H and O–H groups in total. The van der Waals surface area contributed by atoms with E-state index in [9.17, 15) is 8.78 Å². The molecule has 0 saturated heterocycles. The second-order valence-corrected chi connectivity index (χ2v) is 5.16. The van der Waals surface area contributed by atoms with E-state index in [0.717, 1.165) is 17.5 Å². The number of ether oxygens (including phenoxy) is 1. The molecule has 0 atom stereocenters. The monoisotopic (exact) mass is 312 g/mol. The van der Waals surface area contributed by atoms with E-state index in [-0.39, 0.29) is 12.4 Å². The smallest absolute Gasteiger partial charge is 0.191 e. The van der Waals surface area contributed by atoms with Crippen LogP contribution in [-0.2, 0) is 6.61 Å². The molecule has 1 aromatic carbocycles. The van der Waals surface area contributed by atoms with Crippen LogP contribution in [-0.4, -0.2) is 9.97 Å². The summed E-state index contributed by atoms with van der Waals surface area (Å²) in [6.07, 6.45) is 0. The molecule has 0 spiro atoms. The van der Waals surface area contributed by atoms with Crippen LogP contribution in [0.3, 0.4) is 0 Å². The molecular weight excluding hydrogens is 306 g/mol. The maximum atomic E-state index is 13.4. The van der Waals surface area contributed by atoms with E-state index in [0.29, 0.717) is 9.98 Å². The Morgan fingerprint density at radius 3 is 2.65 bits per heavy atom. The summed E-state index contributed by atoms with van der Waals surface area (Å²) < 4.78 is 31.9. The van der Waals surface area contributed by atoms with E-state index in [1.54, 1.807) is 0 Å². The summed E-state index contributed by atoms with van der Waals surface area (Å²) in [6.45, 7) is -0.161. The van der Waals surface area contributed by atoms with Crippen LogP contribution in [0, 0.1) is 11.6 Å². The number of hydrogen-bond donors (Lipinski definition) is 0. The molecule has 3 rings (SSSR count). The van der Waals surface area contributed by atoms with Crippen LogP contribution in [0.2, 0.25) is 5.15 Å². The topological polar surface area (TPSA) is 35.0 Å². The van der Waals surface area contributed by atoms with Gasteiger partial charge in [0.05, 0.1) is 0 Å². The second kappa shape index (κ2) is 5.30. The van der Waals surface area contributed by atoms with Crippen LogP contribution in [0.15, 0.2) is 29.6 Å². The van der Waals surface area contributed by atoms with Crippen molar-refractivity contribution < 1.29 is 13.5 Å². The third-order valence-electron chi connectivity index (χ3n) is 2.59. The zero-order chi connectivity index (χ0) is 14.1. The number of benzene rings is 1. The minimum absolute atomic E-state index is 0.161. The number of nitrogens with zero attached hydrogens (tertiary/aromatic N) is 2. The average Bonchev–Trinajstić information content (AvgIpc) is 2.87. The predicted octanol–water partition coefficient (Wildman–Crippen LogP) is 4.20. The van der Waals surface area contributed by atoms with Crippen molar-refractivity contribution >= 4 is 33.2 Å². The van der Waals surface area contributed by atoms with Gasteiger partial charge in [-0.15, -0.1) is 11.3 Å². The lowest BCUT2D eigenvalue weighted by Crippen LogP contribution is -2.04. The van der Waals surface area contributed by atoms with E-state index >= 15 is 0 Å². The summed E-state index contributed by atoms with van der Waals surface area (Å²) in [6, 6.07) is 5.32. The lowest BCUT2D eigenvalue weighted by atomic mass is 10.3. The molecule has 3 nitrogen and oxygen atoms in total. The highest BCUT2D eigenvalue weighted by molar-refractivity contribution is 7.16. The quantitative estimate of drug-likeness (QED) is 0.680. The number of fused-ring (bicyclic) bond motifs is 1. The molecule has 0 aliphatic heterocycles. The van der Waals surface area contributed by atoms with E-state index in [1.807, 2.05) is 11.4 Å². The lowest BCUT2D eigenvalue weighted by Gasteiger charge is -2.07. The van der Waals surface area contributed by atoms with E-state index in [4.69, 9.17) is 16.3 Å². The Bertz CT molecular complexity index is 758. The normalized spacial score (nSPS) is 10.9. The zero-order valence-electron chi connectivity index (χ0n) is 9.94. The standard InChI is InChI=1S/C13H7ClF2N2OS/c14-12-7-4-5-20-13(7)18-10(17-12)6-19-11-8(15)2-1-3-9(11)16/h1-5H,6H2. The van der Waals surface area contributed by atoms with Crippen molar-refractivity contribution in [3.8, 4) is 5.75 Å². The first kappa shape index (κ1) is 13.2. The molecule has 0 unspecified atom stereocenters. The molecule has 2 aromatic heterocycles. The third kappa shape index (κ3) is 2.44. The molecule has 7 heteroatoms. The Hall–Kier alpha value is -1.79. The summed E-state index contributed by atoms with van der Waals surface area (Å²) >= 11 is 7.40. The van der Waals surface area contributed by atoms with Gasteiger partial charge in [0.2, 0.25) is 0 Å². The van der Waals surface area contributed by atoms with Crippen molar-refractivity contribution in [1.29, 1.82) is 0 Å². The highest BCUT2D eigenvalue weighted by atomic mass is 35.5. The van der Waals surface area contributed by atoms with Crippen LogP contribution in [0.1, 0.15) is 5.82 Å². The van der Waals surface area contributed by atoms with Gasteiger partial charge in [-0.3, -0.25) is 0 Å². The van der Waals surface area contributed by atoms with Crippen molar-refractivity contribution in [2.24, 2.45) is 0 Å². The van der Waals surface area contributed by atoms with Gasteiger partial charge in [0, 0.05) is 5.39 Å². The first-order valence-corrected chi connectivity index (χ1v) is 6.87. The molecule has 0 fully saturated rings. The Labute approximate surface area is 121 Å². The Morgan fingerprint density at radius 2 is 1.90 bits per heavy atom. The Balaban J connectivity index is 1.87. The van der Waals surface area contributed by atoms with Crippen LogP contribution in [0.4, 0.5) is 8.78 Å². The molecule has 0 amide bonds. The fourth-order valence-corrected chi connectivity index (χ4v) is 2.77. The number of halogens is 3. The maximum Gasteiger partial charge on any atom is 0.191 e. The molecule has 3 aromatic rings. The van der Waals surface area contributed by atoms with Gasteiger partial charge in [-0.05, 0) is 23.6 Å². The second-order valence-electron chi connectivity index (χ2n) is 3.91.